The number of aryl methyl sites for hydroxylation is 2. The molecule has 0 N–H and O–H groups in total. The van der Waals surface area contributed by atoms with Crippen LogP contribution in [0.2, 0.25) is 0 Å². The smallest absolute Gasteiger partial charge is 0.273 e. The van der Waals surface area contributed by atoms with Crippen LogP contribution in [-0.2, 0) is 16.7 Å². The second-order valence-corrected chi connectivity index (χ2v) is 4.41. The van der Waals surface area contributed by atoms with Gasteiger partial charge in [-0.3, -0.25) is 0 Å². The van der Waals surface area contributed by atoms with Crippen LogP contribution in [0, 0.1) is 6.92 Å². The average molecular weight is 217 g/mol. The summed E-state index contributed by atoms with van der Waals surface area (Å²) < 4.78 is 32.5. The van der Waals surface area contributed by atoms with Crippen molar-refractivity contribution >= 4 is 10.1 Å². The molecule has 0 saturated heterocycles. The maximum absolute atomic E-state index is 10.3. The van der Waals surface area contributed by atoms with Crippen molar-refractivity contribution in [3.8, 4) is 0 Å². The molecule has 1 aromatic rings. The standard InChI is InChI=1S/C7H11N3O3S/c1-7-8-5-10(6-9-7)3-2-4-14(11,12)13/h5-6H,2-4H2,1H3. The molecule has 0 fully saturated rings. The summed E-state index contributed by atoms with van der Waals surface area (Å²) in [6.45, 7) is 2.19. The van der Waals surface area contributed by atoms with Crippen LogP contribution in [0.1, 0.15) is 12.2 Å². The first kappa shape index (κ1) is 11.0. The van der Waals surface area contributed by atoms with E-state index in [1.54, 1.807) is 24.1 Å². The number of nitrogens with zero attached hydrogens (tertiary/aromatic N) is 3. The number of hydrogen-bond donors (Lipinski definition) is 0. The van der Waals surface area contributed by atoms with Crippen molar-refractivity contribution in [2.24, 2.45) is 0 Å². The van der Waals surface area contributed by atoms with Crippen LogP contribution in [0.15, 0.2) is 12.7 Å². The topological polar surface area (TPSA) is 86.9 Å². The fourth-order valence-electron chi connectivity index (χ4n) is 0.918. The Labute approximate surface area is 82.4 Å². The zero-order valence-corrected chi connectivity index (χ0v) is 8.57. The zero-order valence-electron chi connectivity index (χ0n) is 7.75. The molecular formula is C7H11N3O3S. The summed E-state index contributed by atoms with van der Waals surface area (Å²) in [7, 11) is -4.11. The van der Waals surface area contributed by atoms with Crippen molar-refractivity contribution in [1.29, 1.82) is 0 Å². The van der Waals surface area contributed by atoms with Crippen molar-refractivity contribution < 1.29 is 17.5 Å². The SMILES string of the molecule is Cc1nc[n+](CCCS(=O)(=O)[O-])cn1. The highest BCUT2D eigenvalue weighted by Crippen LogP contribution is 1.87. The molecule has 78 valence electrons. The molecule has 0 atom stereocenters. The van der Waals surface area contributed by atoms with Crippen LogP contribution < -0.4 is 4.57 Å². The molecule has 7 heteroatoms. The average Bonchev–Trinajstić information content (AvgIpc) is 2.06. The molecule has 1 rings (SSSR count). The molecule has 0 aliphatic rings. The lowest BCUT2D eigenvalue weighted by molar-refractivity contribution is -0.702. The van der Waals surface area contributed by atoms with E-state index in [2.05, 4.69) is 9.97 Å². The van der Waals surface area contributed by atoms with Gasteiger partial charge in [0.2, 0.25) is 12.7 Å². The first-order chi connectivity index (χ1) is 6.47. The van der Waals surface area contributed by atoms with E-state index in [9.17, 15) is 13.0 Å². The van der Waals surface area contributed by atoms with Gasteiger partial charge in [0.05, 0.1) is 16.7 Å². The third-order valence-electron chi connectivity index (χ3n) is 1.60. The molecule has 0 aromatic carbocycles. The third-order valence-corrected chi connectivity index (χ3v) is 2.39. The molecule has 14 heavy (non-hydrogen) atoms. The Morgan fingerprint density at radius 3 is 2.50 bits per heavy atom. The highest BCUT2D eigenvalue weighted by Gasteiger charge is 2.01. The molecule has 6 nitrogen and oxygen atoms in total. The third kappa shape index (κ3) is 4.24. The minimum Gasteiger partial charge on any atom is -0.748 e. The minimum absolute atomic E-state index is 0.281. The van der Waals surface area contributed by atoms with Crippen LogP contribution in [0.25, 0.3) is 0 Å². The minimum atomic E-state index is -4.11. The first-order valence-corrected chi connectivity index (χ1v) is 5.66. The van der Waals surface area contributed by atoms with Gasteiger partial charge in [-0.15, -0.1) is 0 Å². The van der Waals surface area contributed by atoms with E-state index in [0.29, 0.717) is 12.4 Å². The Bertz CT molecular complexity index is 387. The van der Waals surface area contributed by atoms with Crippen molar-refractivity contribution in [1.82, 2.24) is 9.97 Å². The zero-order chi connectivity index (χ0) is 10.6. The number of hydrogen-bond acceptors (Lipinski definition) is 5. The van der Waals surface area contributed by atoms with Gasteiger partial charge in [0.15, 0.2) is 0 Å². The lowest BCUT2D eigenvalue weighted by atomic mass is 10.5. The summed E-state index contributed by atoms with van der Waals surface area (Å²) in [6.07, 6.45) is 3.39. The van der Waals surface area contributed by atoms with E-state index in [1.807, 2.05) is 0 Å². The Balaban J connectivity index is 2.43. The fraction of sp³-hybridized carbons (Fsp3) is 0.571. The lowest BCUT2D eigenvalue weighted by Gasteiger charge is -2.04. The fourth-order valence-corrected chi connectivity index (χ4v) is 1.40. The maximum Gasteiger partial charge on any atom is 0.273 e. The second kappa shape index (κ2) is 4.43. The summed E-state index contributed by atoms with van der Waals surface area (Å²) in [6, 6.07) is 0. The van der Waals surface area contributed by atoms with E-state index < -0.39 is 10.1 Å². The quantitative estimate of drug-likeness (QED) is 0.477. The first-order valence-electron chi connectivity index (χ1n) is 4.08. The van der Waals surface area contributed by atoms with Crippen molar-refractivity contribution in [3.05, 3.63) is 18.5 Å². The van der Waals surface area contributed by atoms with Gasteiger partial charge in [-0.1, -0.05) is 9.97 Å². The molecule has 0 spiro atoms. The molecule has 0 aliphatic carbocycles. The second-order valence-electron chi connectivity index (χ2n) is 2.89. The Morgan fingerprint density at radius 1 is 1.43 bits per heavy atom. The van der Waals surface area contributed by atoms with Crippen LogP contribution >= 0.6 is 0 Å². The molecular weight excluding hydrogens is 206 g/mol. The monoisotopic (exact) mass is 217 g/mol. The lowest BCUT2D eigenvalue weighted by Crippen LogP contribution is -2.35. The summed E-state index contributed by atoms with van der Waals surface area (Å²) in [5.41, 5.74) is 0. The Morgan fingerprint density at radius 2 is 2.00 bits per heavy atom. The van der Waals surface area contributed by atoms with Crippen LogP contribution in [0.3, 0.4) is 0 Å². The number of aromatic nitrogens is 3. The number of rotatable bonds is 4. The molecule has 0 amide bonds. The predicted molar refractivity (Wildman–Crippen MR) is 46.1 cm³/mol. The van der Waals surface area contributed by atoms with E-state index >= 15 is 0 Å². The van der Waals surface area contributed by atoms with Crippen LogP contribution in [-0.4, -0.2) is 28.7 Å². The summed E-state index contributed by atoms with van der Waals surface area (Å²) in [5, 5.41) is 0. The summed E-state index contributed by atoms with van der Waals surface area (Å²) >= 11 is 0. The van der Waals surface area contributed by atoms with Crippen LogP contribution in [0.4, 0.5) is 0 Å². The Hall–Kier alpha value is -1.08. The van der Waals surface area contributed by atoms with Crippen LogP contribution in [0.5, 0.6) is 0 Å². The molecule has 1 aromatic heterocycles. The van der Waals surface area contributed by atoms with Gasteiger partial charge in [-0.2, -0.15) is 0 Å². The van der Waals surface area contributed by atoms with Crippen molar-refractivity contribution in [3.63, 3.8) is 0 Å². The molecule has 0 saturated carbocycles. The summed E-state index contributed by atoms with van der Waals surface area (Å²) in [5.74, 6) is 0.297. The molecule has 0 bridgehead atoms. The highest BCUT2D eigenvalue weighted by molar-refractivity contribution is 7.85. The van der Waals surface area contributed by atoms with E-state index in [1.165, 1.54) is 0 Å². The van der Waals surface area contributed by atoms with E-state index in [0.717, 1.165) is 0 Å². The van der Waals surface area contributed by atoms with E-state index in [4.69, 9.17) is 0 Å². The van der Waals surface area contributed by atoms with Gasteiger partial charge in [0.1, 0.15) is 0 Å². The predicted octanol–water partition coefficient (Wildman–Crippen LogP) is -0.992. The molecule has 0 radical (unpaired) electrons. The van der Waals surface area contributed by atoms with Crippen molar-refractivity contribution in [2.75, 3.05) is 5.75 Å². The van der Waals surface area contributed by atoms with Gasteiger partial charge < -0.3 is 4.55 Å². The van der Waals surface area contributed by atoms with Gasteiger partial charge in [0.25, 0.3) is 5.82 Å². The van der Waals surface area contributed by atoms with Gasteiger partial charge in [-0.05, 0) is 6.42 Å². The molecule has 0 aliphatic heterocycles. The summed E-state index contributed by atoms with van der Waals surface area (Å²) in [4.78, 5) is 7.84. The largest absolute Gasteiger partial charge is 0.748 e. The molecule has 0 unspecified atom stereocenters. The Kier molecular flexibility index (Phi) is 3.48. The normalized spacial score (nSPS) is 11.6. The molecule has 1 heterocycles. The van der Waals surface area contributed by atoms with E-state index in [-0.39, 0.29) is 12.2 Å². The van der Waals surface area contributed by atoms with Crippen molar-refractivity contribution in [2.45, 2.75) is 19.9 Å². The maximum atomic E-state index is 10.3. The van der Waals surface area contributed by atoms with Gasteiger partial charge in [-0.25, -0.2) is 13.0 Å². The van der Waals surface area contributed by atoms with Gasteiger partial charge >= 0.3 is 0 Å². The van der Waals surface area contributed by atoms with Gasteiger partial charge in [0, 0.05) is 12.7 Å². The highest BCUT2D eigenvalue weighted by atomic mass is 32.2.